The quantitative estimate of drug-likeness (QED) is 0.629. The molecular formula is C13H23N3O5S. The first-order valence-electron chi connectivity index (χ1n) is 7.27. The van der Waals surface area contributed by atoms with Gasteiger partial charge in [-0.15, -0.1) is 0 Å². The van der Waals surface area contributed by atoms with Gasteiger partial charge in [-0.2, -0.15) is 4.31 Å². The molecule has 1 atom stereocenters. The molecule has 2 heterocycles. The van der Waals surface area contributed by atoms with Crippen LogP contribution in [-0.2, 0) is 24.3 Å². The Morgan fingerprint density at radius 2 is 1.64 bits per heavy atom. The third-order valence-electron chi connectivity index (χ3n) is 4.17. The molecule has 0 N–H and O–H groups in total. The van der Waals surface area contributed by atoms with E-state index in [4.69, 9.17) is 4.74 Å². The maximum atomic E-state index is 12.7. The van der Waals surface area contributed by atoms with Crippen LogP contribution in [0.4, 0.5) is 0 Å². The van der Waals surface area contributed by atoms with E-state index < -0.39 is 15.6 Å². The number of sulfonamides is 1. The zero-order valence-corrected chi connectivity index (χ0v) is 14.1. The van der Waals surface area contributed by atoms with Gasteiger partial charge in [-0.05, 0) is 6.92 Å². The van der Waals surface area contributed by atoms with E-state index in [1.54, 1.807) is 16.7 Å². The van der Waals surface area contributed by atoms with Crippen molar-refractivity contribution in [2.24, 2.45) is 0 Å². The smallest absolute Gasteiger partial charge is 0.256 e. The number of ether oxygens (including phenoxy) is 1. The third kappa shape index (κ3) is 3.58. The standard InChI is InChI=1S/C13H23N3O5S/c1-11(17)15-8-9-21-13(2,10-15)12(18)14-4-6-16(7-5-14)22(3,19)20/h4-10H2,1-3H3/t13-/m1/s1. The van der Waals surface area contributed by atoms with Crippen LogP contribution in [0.5, 0.6) is 0 Å². The molecule has 2 rings (SSSR count). The van der Waals surface area contributed by atoms with Gasteiger partial charge >= 0.3 is 0 Å². The average Bonchev–Trinajstić information content (AvgIpc) is 2.45. The van der Waals surface area contributed by atoms with Crippen molar-refractivity contribution >= 4 is 21.8 Å². The molecule has 0 aromatic heterocycles. The lowest BCUT2D eigenvalue weighted by Crippen LogP contribution is -2.62. The number of amides is 2. The minimum atomic E-state index is -3.22. The van der Waals surface area contributed by atoms with Crippen LogP contribution in [0.1, 0.15) is 13.8 Å². The summed E-state index contributed by atoms with van der Waals surface area (Å²) >= 11 is 0. The van der Waals surface area contributed by atoms with E-state index in [1.807, 2.05) is 0 Å². The summed E-state index contributed by atoms with van der Waals surface area (Å²) in [4.78, 5) is 27.4. The number of rotatable bonds is 2. The fourth-order valence-corrected chi connectivity index (χ4v) is 3.65. The highest BCUT2D eigenvalue weighted by molar-refractivity contribution is 7.88. The van der Waals surface area contributed by atoms with Crippen molar-refractivity contribution < 1.29 is 22.7 Å². The van der Waals surface area contributed by atoms with Crippen LogP contribution in [0.25, 0.3) is 0 Å². The first-order valence-corrected chi connectivity index (χ1v) is 9.12. The maximum absolute atomic E-state index is 12.7. The molecular weight excluding hydrogens is 310 g/mol. The van der Waals surface area contributed by atoms with Gasteiger partial charge in [0.2, 0.25) is 15.9 Å². The molecule has 0 saturated carbocycles. The lowest BCUT2D eigenvalue weighted by molar-refractivity contribution is -0.171. The van der Waals surface area contributed by atoms with Crippen LogP contribution in [0.2, 0.25) is 0 Å². The minimum absolute atomic E-state index is 0.0794. The predicted molar refractivity (Wildman–Crippen MR) is 79.6 cm³/mol. The van der Waals surface area contributed by atoms with Crippen molar-refractivity contribution in [2.45, 2.75) is 19.4 Å². The second kappa shape index (κ2) is 6.13. The molecule has 0 aromatic carbocycles. The molecule has 0 aliphatic carbocycles. The van der Waals surface area contributed by atoms with E-state index in [-0.39, 0.29) is 31.4 Å². The Hall–Kier alpha value is -1.19. The molecule has 2 fully saturated rings. The van der Waals surface area contributed by atoms with E-state index in [0.29, 0.717) is 26.2 Å². The van der Waals surface area contributed by atoms with Crippen molar-refractivity contribution in [3.63, 3.8) is 0 Å². The lowest BCUT2D eigenvalue weighted by Gasteiger charge is -2.43. The fraction of sp³-hybridized carbons (Fsp3) is 0.846. The summed E-state index contributed by atoms with van der Waals surface area (Å²) in [5, 5.41) is 0. The Labute approximate surface area is 131 Å². The van der Waals surface area contributed by atoms with Gasteiger partial charge in [0, 0.05) is 39.6 Å². The van der Waals surface area contributed by atoms with Gasteiger partial charge in [-0.3, -0.25) is 9.59 Å². The van der Waals surface area contributed by atoms with Gasteiger partial charge in [0.05, 0.1) is 19.4 Å². The summed E-state index contributed by atoms with van der Waals surface area (Å²) in [6, 6.07) is 0. The number of carbonyl (C=O) groups is 2. The van der Waals surface area contributed by atoms with Crippen LogP contribution in [-0.4, -0.2) is 92.1 Å². The van der Waals surface area contributed by atoms with Crippen molar-refractivity contribution in [1.82, 2.24) is 14.1 Å². The van der Waals surface area contributed by atoms with Crippen molar-refractivity contribution in [3.05, 3.63) is 0 Å². The summed E-state index contributed by atoms with van der Waals surface area (Å²) in [5.41, 5.74) is -1.06. The van der Waals surface area contributed by atoms with E-state index in [0.717, 1.165) is 0 Å². The Morgan fingerprint density at radius 3 is 2.14 bits per heavy atom. The second-order valence-electron chi connectivity index (χ2n) is 5.97. The average molecular weight is 333 g/mol. The first kappa shape index (κ1) is 17.2. The molecule has 126 valence electrons. The van der Waals surface area contributed by atoms with Gasteiger partial charge in [-0.1, -0.05) is 0 Å². The lowest BCUT2D eigenvalue weighted by atomic mass is 10.0. The molecule has 22 heavy (non-hydrogen) atoms. The molecule has 8 nitrogen and oxygen atoms in total. The highest BCUT2D eigenvalue weighted by atomic mass is 32.2. The van der Waals surface area contributed by atoms with E-state index in [1.165, 1.54) is 17.5 Å². The summed E-state index contributed by atoms with van der Waals surface area (Å²) in [5.74, 6) is -0.268. The highest BCUT2D eigenvalue weighted by Gasteiger charge is 2.43. The summed E-state index contributed by atoms with van der Waals surface area (Å²) < 4.78 is 30.0. The number of hydrogen-bond donors (Lipinski definition) is 0. The van der Waals surface area contributed by atoms with E-state index in [2.05, 4.69) is 0 Å². The Kier molecular flexibility index (Phi) is 4.78. The summed E-state index contributed by atoms with van der Waals surface area (Å²) in [6.07, 6.45) is 1.17. The largest absolute Gasteiger partial charge is 0.362 e. The number of morpholine rings is 1. The predicted octanol–water partition coefficient (Wildman–Crippen LogP) is -1.27. The van der Waals surface area contributed by atoms with E-state index in [9.17, 15) is 18.0 Å². The zero-order chi connectivity index (χ0) is 16.5. The van der Waals surface area contributed by atoms with Gasteiger partial charge in [-0.25, -0.2) is 8.42 Å². The number of carbonyl (C=O) groups excluding carboxylic acids is 2. The SMILES string of the molecule is CC(=O)N1CCO[C@@](C)(C(=O)N2CCN(S(C)(=O)=O)CC2)C1. The molecule has 2 aliphatic heterocycles. The Balaban J connectivity index is 2.01. The topological polar surface area (TPSA) is 87.2 Å². The highest BCUT2D eigenvalue weighted by Crippen LogP contribution is 2.22. The van der Waals surface area contributed by atoms with Gasteiger partial charge in [0.25, 0.3) is 5.91 Å². The van der Waals surface area contributed by atoms with Gasteiger partial charge in [0.1, 0.15) is 0 Å². The molecule has 0 bridgehead atoms. The third-order valence-corrected chi connectivity index (χ3v) is 5.47. The van der Waals surface area contributed by atoms with Crippen molar-refractivity contribution in [2.75, 3.05) is 52.1 Å². The van der Waals surface area contributed by atoms with Crippen LogP contribution < -0.4 is 0 Å². The molecule has 0 unspecified atom stereocenters. The minimum Gasteiger partial charge on any atom is -0.362 e. The Bertz CT molecular complexity index is 556. The Morgan fingerprint density at radius 1 is 1.05 bits per heavy atom. The fourth-order valence-electron chi connectivity index (χ4n) is 2.83. The molecule has 2 amide bonds. The number of piperazine rings is 1. The number of hydrogen-bond acceptors (Lipinski definition) is 5. The molecule has 2 saturated heterocycles. The molecule has 9 heteroatoms. The van der Waals surface area contributed by atoms with Gasteiger partial charge in [0.15, 0.2) is 5.60 Å². The summed E-state index contributed by atoms with van der Waals surface area (Å²) in [7, 11) is -3.22. The van der Waals surface area contributed by atoms with Crippen LogP contribution in [0.15, 0.2) is 0 Å². The van der Waals surface area contributed by atoms with Crippen molar-refractivity contribution in [1.29, 1.82) is 0 Å². The summed E-state index contributed by atoms with van der Waals surface area (Å²) in [6.45, 7) is 5.46. The first-order chi connectivity index (χ1) is 10.1. The molecule has 0 radical (unpaired) electrons. The normalized spacial score (nSPS) is 27.8. The molecule has 2 aliphatic rings. The van der Waals surface area contributed by atoms with Crippen LogP contribution >= 0.6 is 0 Å². The number of nitrogens with zero attached hydrogens (tertiary/aromatic N) is 3. The van der Waals surface area contributed by atoms with Crippen LogP contribution in [0.3, 0.4) is 0 Å². The van der Waals surface area contributed by atoms with E-state index >= 15 is 0 Å². The molecule has 0 spiro atoms. The van der Waals surface area contributed by atoms with Crippen LogP contribution in [0, 0.1) is 0 Å². The monoisotopic (exact) mass is 333 g/mol. The second-order valence-corrected chi connectivity index (χ2v) is 7.96. The molecule has 0 aromatic rings. The van der Waals surface area contributed by atoms with Crippen molar-refractivity contribution in [3.8, 4) is 0 Å². The van der Waals surface area contributed by atoms with Gasteiger partial charge < -0.3 is 14.5 Å². The maximum Gasteiger partial charge on any atom is 0.256 e. The zero-order valence-electron chi connectivity index (χ0n) is 13.2.